The maximum atomic E-state index is 6.39. The number of aromatic nitrogens is 3. The lowest BCUT2D eigenvalue weighted by molar-refractivity contribution is 0.618. The Balaban J connectivity index is 1.61. The van der Waals surface area contributed by atoms with E-state index in [1.54, 1.807) is 6.33 Å². The molecule has 3 aromatic rings. The summed E-state index contributed by atoms with van der Waals surface area (Å²) in [6.07, 6.45) is 9.04. The molecule has 0 amide bonds. The molecule has 0 aliphatic heterocycles. The molecule has 0 bridgehead atoms. The lowest BCUT2D eigenvalue weighted by Gasteiger charge is -2.19. The number of benzene rings is 1. The molecular formula is C21H26N6. The highest BCUT2D eigenvalue weighted by atomic mass is 15.1. The van der Waals surface area contributed by atoms with E-state index < -0.39 is 0 Å². The van der Waals surface area contributed by atoms with Crippen molar-refractivity contribution in [2.75, 3.05) is 16.4 Å². The first kappa shape index (κ1) is 17.5. The summed E-state index contributed by atoms with van der Waals surface area (Å²) in [5.41, 5.74) is 9.72. The first-order valence-electron chi connectivity index (χ1n) is 9.71. The van der Waals surface area contributed by atoms with E-state index in [0.29, 0.717) is 23.4 Å². The lowest BCUT2D eigenvalue weighted by Crippen LogP contribution is -2.20. The van der Waals surface area contributed by atoms with Gasteiger partial charge in [0, 0.05) is 17.1 Å². The van der Waals surface area contributed by atoms with Crippen molar-refractivity contribution >= 4 is 33.9 Å². The molecule has 0 unspecified atom stereocenters. The van der Waals surface area contributed by atoms with Gasteiger partial charge in [-0.1, -0.05) is 43.9 Å². The highest BCUT2D eigenvalue weighted by molar-refractivity contribution is 5.93. The van der Waals surface area contributed by atoms with Crippen LogP contribution >= 0.6 is 0 Å². The van der Waals surface area contributed by atoms with Crippen LogP contribution in [-0.4, -0.2) is 21.0 Å². The molecule has 1 saturated carbocycles. The van der Waals surface area contributed by atoms with Crippen LogP contribution in [0, 0.1) is 6.92 Å². The Morgan fingerprint density at radius 2 is 1.74 bits per heavy atom. The molecular weight excluding hydrogens is 336 g/mol. The van der Waals surface area contributed by atoms with Crippen molar-refractivity contribution in [2.24, 2.45) is 0 Å². The molecule has 2 aromatic heterocycles. The summed E-state index contributed by atoms with van der Waals surface area (Å²) in [6, 6.07) is 10.6. The molecule has 1 aliphatic carbocycles. The number of pyridine rings is 1. The van der Waals surface area contributed by atoms with Gasteiger partial charge in [-0.3, -0.25) is 4.98 Å². The van der Waals surface area contributed by atoms with E-state index in [4.69, 9.17) is 5.73 Å². The lowest BCUT2D eigenvalue weighted by atomic mass is 10.1. The van der Waals surface area contributed by atoms with E-state index >= 15 is 0 Å². The van der Waals surface area contributed by atoms with Crippen LogP contribution in [0.25, 0.3) is 10.9 Å². The monoisotopic (exact) mass is 362 g/mol. The zero-order valence-corrected chi connectivity index (χ0v) is 15.7. The Labute approximate surface area is 159 Å². The molecule has 6 heteroatoms. The van der Waals surface area contributed by atoms with Crippen LogP contribution in [0.1, 0.15) is 44.2 Å². The van der Waals surface area contributed by atoms with E-state index in [-0.39, 0.29) is 0 Å². The number of rotatable bonds is 4. The SMILES string of the molecule is Cc1ccc2cccc(Nc3ncnc(NC4CCCCCC4)c3N)c2n1. The summed E-state index contributed by atoms with van der Waals surface area (Å²) in [4.78, 5) is 13.4. The van der Waals surface area contributed by atoms with Gasteiger partial charge in [-0.25, -0.2) is 9.97 Å². The van der Waals surface area contributed by atoms with Crippen LogP contribution in [0.15, 0.2) is 36.7 Å². The maximum absolute atomic E-state index is 6.39. The number of nitrogens with zero attached hydrogens (tertiary/aromatic N) is 3. The van der Waals surface area contributed by atoms with Crippen molar-refractivity contribution < 1.29 is 0 Å². The minimum atomic E-state index is 0.430. The van der Waals surface area contributed by atoms with Gasteiger partial charge in [-0.15, -0.1) is 0 Å². The smallest absolute Gasteiger partial charge is 0.159 e. The van der Waals surface area contributed by atoms with Gasteiger partial charge in [-0.05, 0) is 31.9 Å². The Kier molecular flexibility index (Phi) is 5.05. The third kappa shape index (κ3) is 3.94. The summed E-state index contributed by atoms with van der Waals surface area (Å²) in [5.74, 6) is 1.32. The number of nitrogens with one attached hydrogen (secondary N) is 2. The predicted molar refractivity (Wildman–Crippen MR) is 111 cm³/mol. The van der Waals surface area contributed by atoms with Gasteiger partial charge in [0.2, 0.25) is 0 Å². The molecule has 1 aromatic carbocycles. The molecule has 6 nitrogen and oxygen atoms in total. The molecule has 0 spiro atoms. The summed E-state index contributed by atoms with van der Waals surface area (Å²) in [7, 11) is 0. The maximum Gasteiger partial charge on any atom is 0.159 e. The van der Waals surface area contributed by atoms with Crippen molar-refractivity contribution in [1.29, 1.82) is 0 Å². The van der Waals surface area contributed by atoms with Crippen LogP contribution in [0.5, 0.6) is 0 Å². The van der Waals surface area contributed by atoms with Crippen molar-refractivity contribution in [3.63, 3.8) is 0 Å². The van der Waals surface area contributed by atoms with E-state index in [9.17, 15) is 0 Å². The van der Waals surface area contributed by atoms with Crippen LogP contribution in [0.4, 0.5) is 23.0 Å². The topological polar surface area (TPSA) is 88.8 Å². The molecule has 1 fully saturated rings. The molecule has 27 heavy (non-hydrogen) atoms. The second kappa shape index (κ2) is 7.78. The fourth-order valence-corrected chi connectivity index (χ4v) is 3.70. The number of hydrogen-bond donors (Lipinski definition) is 3. The number of aryl methyl sites for hydroxylation is 1. The standard InChI is InChI=1S/C21H26N6/c1-14-11-12-15-7-6-10-17(19(15)25-14)27-21-18(22)20(23-13-24-21)26-16-8-4-2-3-5-9-16/h6-7,10-13,16H,2-5,8-9,22H2,1H3,(H2,23,24,26,27). The van der Waals surface area contributed by atoms with E-state index in [1.165, 1.54) is 38.5 Å². The van der Waals surface area contributed by atoms with Gasteiger partial charge < -0.3 is 16.4 Å². The first-order valence-corrected chi connectivity index (χ1v) is 9.71. The molecule has 2 heterocycles. The van der Waals surface area contributed by atoms with Crippen molar-refractivity contribution in [1.82, 2.24) is 15.0 Å². The average molecular weight is 362 g/mol. The Morgan fingerprint density at radius 3 is 2.56 bits per heavy atom. The minimum absolute atomic E-state index is 0.430. The van der Waals surface area contributed by atoms with Crippen LogP contribution < -0.4 is 16.4 Å². The largest absolute Gasteiger partial charge is 0.393 e. The predicted octanol–water partition coefficient (Wildman–Crippen LogP) is 4.79. The van der Waals surface area contributed by atoms with Crippen molar-refractivity contribution in [2.45, 2.75) is 51.5 Å². The minimum Gasteiger partial charge on any atom is -0.393 e. The Hall–Kier alpha value is -2.89. The molecule has 0 saturated heterocycles. The van der Waals surface area contributed by atoms with Crippen LogP contribution in [0.2, 0.25) is 0 Å². The van der Waals surface area contributed by atoms with Gasteiger partial charge in [-0.2, -0.15) is 0 Å². The highest BCUT2D eigenvalue weighted by Crippen LogP contribution is 2.30. The Bertz CT molecular complexity index is 931. The quantitative estimate of drug-likeness (QED) is 0.578. The van der Waals surface area contributed by atoms with Gasteiger partial charge in [0.1, 0.15) is 12.0 Å². The molecule has 0 radical (unpaired) electrons. The molecule has 0 atom stereocenters. The second-order valence-corrected chi connectivity index (χ2v) is 7.27. The van der Waals surface area contributed by atoms with E-state index in [1.807, 2.05) is 25.1 Å². The van der Waals surface area contributed by atoms with E-state index in [2.05, 4.69) is 37.7 Å². The van der Waals surface area contributed by atoms with Crippen molar-refractivity contribution in [3.05, 3.63) is 42.4 Å². The Morgan fingerprint density at radius 1 is 0.963 bits per heavy atom. The number of nitrogen functional groups attached to an aromatic ring is 1. The third-order valence-corrected chi connectivity index (χ3v) is 5.19. The molecule has 4 N–H and O–H groups in total. The molecule has 140 valence electrons. The number of nitrogens with two attached hydrogens (primary N) is 1. The summed E-state index contributed by atoms with van der Waals surface area (Å²) in [5, 5.41) is 7.96. The summed E-state index contributed by atoms with van der Waals surface area (Å²) >= 11 is 0. The van der Waals surface area contributed by atoms with Gasteiger partial charge >= 0.3 is 0 Å². The van der Waals surface area contributed by atoms with E-state index in [0.717, 1.165) is 22.3 Å². The summed E-state index contributed by atoms with van der Waals surface area (Å²) in [6.45, 7) is 1.99. The van der Waals surface area contributed by atoms with Crippen molar-refractivity contribution in [3.8, 4) is 0 Å². The van der Waals surface area contributed by atoms with Gasteiger partial charge in [0.25, 0.3) is 0 Å². The molecule has 4 rings (SSSR count). The number of anilines is 4. The fourth-order valence-electron chi connectivity index (χ4n) is 3.70. The van der Waals surface area contributed by atoms with Gasteiger partial charge in [0.05, 0.1) is 11.2 Å². The summed E-state index contributed by atoms with van der Waals surface area (Å²) < 4.78 is 0. The average Bonchev–Trinajstić information content (AvgIpc) is 2.94. The second-order valence-electron chi connectivity index (χ2n) is 7.27. The number of fused-ring (bicyclic) bond motifs is 1. The zero-order chi connectivity index (χ0) is 18.6. The number of para-hydroxylation sites is 1. The molecule has 1 aliphatic rings. The van der Waals surface area contributed by atoms with Crippen LogP contribution in [-0.2, 0) is 0 Å². The zero-order valence-electron chi connectivity index (χ0n) is 15.7. The fraction of sp³-hybridized carbons (Fsp3) is 0.381. The number of hydrogen-bond acceptors (Lipinski definition) is 6. The first-order chi connectivity index (χ1) is 13.2. The highest BCUT2D eigenvalue weighted by Gasteiger charge is 2.16. The third-order valence-electron chi connectivity index (χ3n) is 5.19. The normalized spacial score (nSPS) is 15.4. The van der Waals surface area contributed by atoms with Gasteiger partial charge in [0.15, 0.2) is 11.6 Å². The van der Waals surface area contributed by atoms with Crippen LogP contribution in [0.3, 0.4) is 0 Å².